The lowest BCUT2D eigenvalue weighted by Gasteiger charge is -2.16. The number of hydrogen-bond acceptors (Lipinski definition) is 8. The summed E-state index contributed by atoms with van der Waals surface area (Å²) in [7, 11) is 0. The van der Waals surface area contributed by atoms with Gasteiger partial charge < -0.3 is 20.6 Å². The highest BCUT2D eigenvalue weighted by molar-refractivity contribution is 7.99. The van der Waals surface area contributed by atoms with Crippen LogP contribution in [0.2, 0.25) is 0 Å². The number of benzene rings is 2. The predicted molar refractivity (Wildman–Crippen MR) is 103 cm³/mol. The number of nitrogens with two attached hydrogens (primary N) is 1. The number of amides is 1. The first kappa shape index (κ1) is 19.4. The summed E-state index contributed by atoms with van der Waals surface area (Å²) in [6.45, 7) is 1.21. The number of nitrogens with zero attached hydrogens (tertiary/aromatic N) is 1. The maximum absolute atomic E-state index is 12.2. The number of thioether (sulfide) groups is 1. The minimum absolute atomic E-state index is 0.0776. The molecule has 0 fully saturated rings. The molecule has 1 heterocycles. The van der Waals surface area contributed by atoms with Gasteiger partial charge in [-0.1, -0.05) is 0 Å². The quantitative estimate of drug-likeness (QED) is 0.240. The predicted octanol–water partition coefficient (Wildman–Crippen LogP) is 1.37. The van der Waals surface area contributed by atoms with Crippen LogP contribution in [-0.4, -0.2) is 40.0 Å². The van der Waals surface area contributed by atoms with Crippen LogP contribution < -0.4 is 16.5 Å². The van der Waals surface area contributed by atoms with E-state index in [1.165, 1.54) is 19.1 Å². The fourth-order valence-electron chi connectivity index (χ4n) is 2.55. The van der Waals surface area contributed by atoms with Crippen LogP contribution in [0, 0.1) is 0 Å². The van der Waals surface area contributed by atoms with Gasteiger partial charge in [0, 0.05) is 24.3 Å². The summed E-state index contributed by atoms with van der Waals surface area (Å²) in [6, 6.07) is 4.68. The van der Waals surface area contributed by atoms with Crippen molar-refractivity contribution in [3.63, 3.8) is 0 Å². The van der Waals surface area contributed by atoms with Crippen LogP contribution in [0.3, 0.4) is 0 Å². The van der Waals surface area contributed by atoms with Crippen molar-refractivity contribution in [3.05, 3.63) is 40.1 Å². The van der Waals surface area contributed by atoms with Crippen molar-refractivity contribution >= 4 is 46.7 Å². The highest BCUT2D eigenvalue weighted by Crippen LogP contribution is 2.36. The number of aromatic nitrogens is 1. The summed E-state index contributed by atoms with van der Waals surface area (Å²) >= 11 is 0.975. The van der Waals surface area contributed by atoms with Gasteiger partial charge in [-0.2, -0.15) is 0 Å². The Morgan fingerprint density at radius 3 is 2.79 bits per heavy atom. The zero-order valence-corrected chi connectivity index (χ0v) is 15.4. The zero-order chi connectivity index (χ0) is 20.4. The Hall–Kier alpha value is -3.40. The van der Waals surface area contributed by atoms with E-state index in [0.29, 0.717) is 22.9 Å². The van der Waals surface area contributed by atoms with Gasteiger partial charge in [0.25, 0.3) is 0 Å². The third kappa shape index (κ3) is 3.81. The normalized spacial score (nSPS) is 12.0. The molecular formula is C18H15N3O6S. The van der Waals surface area contributed by atoms with Crippen LogP contribution in [0.4, 0.5) is 5.69 Å². The molecule has 4 N–H and O–H groups in total. The van der Waals surface area contributed by atoms with E-state index < -0.39 is 23.3 Å². The number of carboxylic acid groups (broad SMARTS) is 1. The van der Waals surface area contributed by atoms with Crippen LogP contribution >= 0.6 is 11.8 Å². The number of aliphatic carboxylic acids is 1. The van der Waals surface area contributed by atoms with Crippen molar-refractivity contribution in [3.8, 4) is 11.5 Å². The number of fused-ring (bicyclic) bond motifs is 2. The summed E-state index contributed by atoms with van der Waals surface area (Å²) in [5, 5.41) is 11.6. The molecule has 1 aromatic rings. The molecule has 1 aliphatic carbocycles. The Kier molecular flexibility index (Phi) is 5.32. The van der Waals surface area contributed by atoms with E-state index in [-0.39, 0.29) is 27.8 Å². The Bertz CT molecular complexity index is 1130. The Balaban J connectivity index is 2.09. The third-order valence-electron chi connectivity index (χ3n) is 3.86. The standard InChI is InChI=1S/C18H15N3O6S/c1-8(23)20-11(18(25)26)7-28-17-15(19)12(24)5-14-16(17)21-10-4-9(6-22)2-3-13(10)27-14/h2-6,11H,7,19H2,1H3,(H,20,23)(H,25,26)/t11-/m0/s1. The lowest BCUT2D eigenvalue weighted by Crippen LogP contribution is -2.41. The SMILES string of the molecule is CC(=O)N[C@@H](CSc1c2nc3cc(C=O)ccc3oc-2cc(=O)c1N)C(=O)O. The van der Waals surface area contributed by atoms with Crippen molar-refractivity contribution < 1.29 is 23.9 Å². The number of anilines is 1. The topological polar surface area (TPSA) is 153 Å². The van der Waals surface area contributed by atoms with Gasteiger partial charge >= 0.3 is 5.97 Å². The van der Waals surface area contributed by atoms with Gasteiger partial charge in [0.15, 0.2) is 11.3 Å². The van der Waals surface area contributed by atoms with Gasteiger partial charge in [-0.3, -0.25) is 14.4 Å². The molecule has 0 spiro atoms. The fraction of sp³-hybridized carbons (Fsp3) is 0.167. The Labute approximate surface area is 162 Å². The smallest absolute Gasteiger partial charge is 0.327 e. The van der Waals surface area contributed by atoms with Gasteiger partial charge in [-0.05, 0) is 18.2 Å². The van der Waals surface area contributed by atoms with Crippen LogP contribution in [0.25, 0.3) is 22.6 Å². The molecule has 1 aromatic carbocycles. The summed E-state index contributed by atoms with van der Waals surface area (Å²) < 4.78 is 5.71. The van der Waals surface area contributed by atoms with E-state index in [1.54, 1.807) is 12.1 Å². The summed E-state index contributed by atoms with van der Waals surface area (Å²) in [6.07, 6.45) is 0.668. The van der Waals surface area contributed by atoms with Crippen molar-refractivity contribution in [1.29, 1.82) is 0 Å². The number of hydrogen-bond donors (Lipinski definition) is 3. The minimum Gasteiger partial charge on any atom is -0.480 e. The molecule has 3 rings (SSSR count). The Morgan fingerprint density at radius 1 is 1.39 bits per heavy atom. The van der Waals surface area contributed by atoms with Crippen LogP contribution in [0.5, 0.6) is 0 Å². The van der Waals surface area contributed by atoms with Crippen molar-refractivity contribution in [2.45, 2.75) is 17.9 Å². The van der Waals surface area contributed by atoms with E-state index in [0.717, 1.165) is 11.8 Å². The molecule has 0 unspecified atom stereocenters. The molecule has 0 bridgehead atoms. The zero-order valence-electron chi connectivity index (χ0n) is 14.6. The number of carbonyl (C=O) groups excluding carboxylic acids is 2. The lowest BCUT2D eigenvalue weighted by atomic mass is 10.1. The van der Waals surface area contributed by atoms with E-state index in [9.17, 15) is 24.3 Å². The first-order valence-electron chi connectivity index (χ1n) is 8.05. The summed E-state index contributed by atoms with van der Waals surface area (Å²) in [5.74, 6) is -1.61. The van der Waals surface area contributed by atoms with E-state index in [4.69, 9.17) is 10.2 Å². The van der Waals surface area contributed by atoms with E-state index in [2.05, 4.69) is 10.3 Å². The average Bonchev–Trinajstić information content (AvgIpc) is 2.65. The van der Waals surface area contributed by atoms with Crippen LogP contribution in [-0.2, 0) is 9.59 Å². The maximum atomic E-state index is 12.2. The number of carboxylic acids is 1. The molecule has 1 atom stereocenters. The molecule has 0 radical (unpaired) electrons. The molecule has 28 heavy (non-hydrogen) atoms. The molecule has 10 heteroatoms. The number of nitrogens with one attached hydrogen (secondary N) is 1. The van der Waals surface area contributed by atoms with Crippen LogP contribution in [0.1, 0.15) is 17.3 Å². The second kappa shape index (κ2) is 7.69. The molecule has 1 aliphatic heterocycles. The van der Waals surface area contributed by atoms with Gasteiger partial charge in [-0.15, -0.1) is 11.8 Å². The number of rotatable bonds is 6. The highest BCUT2D eigenvalue weighted by Gasteiger charge is 2.24. The molecule has 0 aromatic heterocycles. The molecular weight excluding hydrogens is 386 g/mol. The molecule has 2 aliphatic rings. The maximum Gasteiger partial charge on any atom is 0.327 e. The molecule has 0 saturated carbocycles. The highest BCUT2D eigenvalue weighted by atomic mass is 32.2. The molecule has 0 saturated heterocycles. The number of aldehydes is 1. The summed E-state index contributed by atoms with van der Waals surface area (Å²) in [5.41, 5.74) is 6.74. The van der Waals surface area contributed by atoms with Crippen LogP contribution in [0.15, 0.2) is 38.4 Å². The van der Waals surface area contributed by atoms with Crippen molar-refractivity contribution in [1.82, 2.24) is 10.3 Å². The molecule has 144 valence electrons. The second-order valence-electron chi connectivity index (χ2n) is 5.93. The van der Waals surface area contributed by atoms with Gasteiger partial charge in [0.05, 0.1) is 10.6 Å². The molecule has 1 amide bonds. The third-order valence-corrected chi connectivity index (χ3v) is 5.06. The first-order valence-corrected chi connectivity index (χ1v) is 9.03. The summed E-state index contributed by atoms with van der Waals surface area (Å²) in [4.78, 5) is 50.4. The van der Waals surface area contributed by atoms with E-state index >= 15 is 0 Å². The lowest BCUT2D eigenvalue weighted by molar-refractivity contribution is -0.140. The Morgan fingerprint density at radius 2 is 2.14 bits per heavy atom. The average molecular weight is 401 g/mol. The van der Waals surface area contributed by atoms with Gasteiger partial charge in [0.1, 0.15) is 23.5 Å². The number of nitrogen functional groups attached to an aromatic ring is 1. The van der Waals surface area contributed by atoms with Gasteiger partial charge in [0.2, 0.25) is 11.3 Å². The fourth-order valence-corrected chi connectivity index (χ4v) is 3.65. The van der Waals surface area contributed by atoms with Crippen molar-refractivity contribution in [2.24, 2.45) is 0 Å². The minimum atomic E-state index is -1.22. The molecule has 9 nitrogen and oxygen atoms in total. The van der Waals surface area contributed by atoms with Crippen molar-refractivity contribution in [2.75, 3.05) is 11.5 Å². The largest absolute Gasteiger partial charge is 0.480 e. The van der Waals surface area contributed by atoms with E-state index in [1.807, 2.05) is 0 Å². The second-order valence-corrected chi connectivity index (χ2v) is 6.96. The monoisotopic (exact) mass is 401 g/mol. The number of carbonyl (C=O) groups is 3. The first-order chi connectivity index (χ1) is 13.3. The van der Waals surface area contributed by atoms with Gasteiger partial charge in [-0.25, -0.2) is 9.78 Å².